The van der Waals surface area contributed by atoms with Crippen molar-refractivity contribution in [3.05, 3.63) is 57.8 Å². The Hall–Kier alpha value is -2.63. The van der Waals surface area contributed by atoms with E-state index in [1.54, 1.807) is 18.6 Å². The fourth-order valence-corrected chi connectivity index (χ4v) is 3.34. The summed E-state index contributed by atoms with van der Waals surface area (Å²) in [5.74, 6) is 0.868. The molecule has 27 heavy (non-hydrogen) atoms. The maximum absolute atomic E-state index is 12.7. The molecule has 1 amide bonds. The van der Waals surface area contributed by atoms with Gasteiger partial charge in [-0.3, -0.25) is 9.36 Å². The molecular weight excluding hydrogens is 342 g/mol. The quantitative estimate of drug-likeness (QED) is 0.716. The van der Waals surface area contributed by atoms with E-state index < -0.39 is 0 Å². The van der Waals surface area contributed by atoms with Crippen LogP contribution in [0, 0.1) is 13.8 Å². The molecule has 0 spiro atoms. The van der Waals surface area contributed by atoms with E-state index in [0.29, 0.717) is 18.8 Å². The van der Waals surface area contributed by atoms with Crippen LogP contribution in [0.25, 0.3) is 0 Å². The normalized spacial score (nSPS) is 11.9. The van der Waals surface area contributed by atoms with Crippen molar-refractivity contribution in [1.29, 1.82) is 0 Å². The summed E-state index contributed by atoms with van der Waals surface area (Å²) < 4.78 is 6.75. The molecule has 0 bridgehead atoms. The smallest absolute Gasteiger partial charge is 0.347 e. The number of methoxy groups -OCH3 is 1. The number of amides is 1. The van der Waals surface area contributed by atoms with Crippen LogP contribution in [-0.2, 0) is 17.8 Å². The molecule has 1 heterocycles. The Balaban J connectivity index is 2.01. The summed E-state index contributed by atoms with van der Waals surface area (Å²) in [5, 5.41) is 0. The second-order valence-corrected chi connectivity index (χ2v) is 6.80. The van der Waals surface area contributed by atoms with Gasteiger partial charge in [-0.25, -0.2) is 4.79 Å². The van der Waals surface area contributed by atoms with Gasteiger partial charge in [-0.05, 0) is 57.9 Å². The zero-order valence-electron chi connectivity index (χ0n) is 16.9. The number of carbonyl (C=O) groups excluding carboxylic acids is 1. The van der Waals surface area contributed by atoms with Crippen LogP contribution in [0.4, 0.5) is 0 Å². The van der Waals surface area contributed by atoms with E-state index in [9.17, 15) is 9.59 Å². The van der Waals surface area contributed by atoms with Gasteiger partial charge in [0.1, 0.15) is 5.75 Å². The molecular formula is C21H29N3O3. The number of hydrogen-bond donors (Lipinski definition) is 0. The topological polar surface area (TPSA) is 64.4 Å². The summed E-state index contributed by atoms with van der Waals surface area (Å²) in [7, 11) is 1.64. The van der Waals surface area contributed by atoms with Crippen LogP contribution in [0.2, 0.25) is 0 Å². The Morgan fingerprint density at radius 2 is 1.93 bits per heavy atom. The first-order valence-electron chi connectivity index (χ1n) is 9.33. The third-order valence-corrected chi connectivity index (χ3v) is 4.78. The van der Waals surface area contributed by atoms with E-state index in [-0.39, 0.29) is 24.1 Å². The highest BCUT2D eigenvalue weighted by molar-refractivity contribution is 5.76. The molecule has 6 nitrogen and oxygen atoms in total. The summed E-state index contributed by atoms with van der Waals surface area (Å²) in [6, 6.07) is 9.84. The van der Waals surface area contributed by atoms with Crippen molar-refractivity contribution in [2.75, 3.05) is 13.7 Å². The zero-order chi connectivity index (χ0) is 20.0. The first-order chi connectivity index (χ1) is 12.8. The molecule has 146 valence electrons. The van der Waals surface area contributed by atoms with E-state index in [0.717, 1.165) is 23.4 Å². The summed E-state index contributed by atoms with van der Waals surface area (Å²) in [6.45, 7) is 8.68. The number of nitrogens with zero attached hydrogens (tertiary/aromatic N) is 3. The number of hydrogen-bond acceptors (Lipinski definition) is 4. The lowest BCUT2D eigenvalue weighted by molar-refractivity contribution is -0.133. The largest absolute Gasteiger partial charge is 0.497 e. The molecule has 0 fully saturated rings. The van der Waals surface area contributed by atoms with Gasteiger partial charge in [-0.2, -0.15) is 4.98 Å². The number of carbonyl (C=O) groups is 1. The van der Waals surface area contributed by atoms with E-state index >= 15 is 0 Å². The lowest BCUT2D eigenvalue weighted by atomic mass is 10.1. The van der Waals surface area contributed by atoms with Crippen LogP contribution in [0.3, 0.4) is 0 Å². The van der Waals surface area contributed by atoms with Crippen molar-refractivity contribution >= 4 is 5.91 Å². The number of ether oxygens (including phenoxy) is 1. The van der Waals surface area contributed by atoms with Crippen LogP contribution < -0.4 is 10.4 Å². The molecule has 0 radical (unpaired) electrons. The Kier molecular flexibility index (Phi) is 7.16. The first-order valence-corrected chi connectivity index (χ1v) is 9.33. The van der Waals surface area contributed by atoms with E-state index in [4.69, 9.17) is 4.74 Å². The van der Waals surface area contributed by atoms with Gasteiger partial charge < -0.3 is 9.64 Å². The molecule has 0 aliphatic heterocycles. The number of likely N-dealkylation sites (N-methyl/N-ethyl adjacent to an activating group) is 1. The minimum atomic E-state index is -0.297. The molecule has 0 N–H and O–H groups in total. The van der Waals surface area contributed by atoms with Gasteiger partial charge in [0.2, 0.25) is 5.91 Å². The lowest BCUT2D eigenvalue weighted by Crippen LogP contribution is -2.40. The number of benzene rings is 1. The fourth-order valence-electron chi connectivity index (χ4n) is 3.34. The van der Waals surface area contributed by atoms with Crippen molar-refractivity contribution in [3.63, 3.8) is 0 Å². The number of rotatable bonds is 8. The first kappa shape index (κ1) is 20.7. The van der Waals surface area contributed by atoms with E-state index in [2.05, 4.69) is 11.9 Å². The van der Waals surface area contributed by atoms with Gasteiger partial charge in [0, 0.05) is 36.9 Å². The van der Waals surface area contributed by atoms with Gasteiger partial charge >= 0.3 is 5.69 Å². The van der Waals surface area contributed by atoms with Crippen LogP contribution in [0.15, 0.2) is 35.1 Å². The standard InChI is InChI=1S/C21H29N3O3/c1-6-23(17(4)14-18-7-9-19(27-5)10-8-18)20(25)11-12-24-16(3)13-15(2)22-21(24)26/h7-10,13,17H,6,11-12,14H2,1-5H3/t17-/m1/s1. The summed E-state index contributed by atoms with van der Waals surface area (Å²) in [6.07, 6.45) is 1.06. The predicted molar refractivity (Wildman–Crippen MR) is 106 cm³/mol. The van der Waals surface area contributed by atoms with Gasteiger partial charge in [0.05, 0.1) is 7.11 Å². The molecule has 0 aliphatic carbocycles. The molecule has 0 saturated carbocycles. The van der Waals surface area contributed by atoms with Crippen LogP contribution in [0.1, 0.15) is 37.2 Å². The minimum absolute atomic E-state index is 0.0467. The maximum Gasteiger partial charge on any atom is 0.347 e. The number of aryl methyl sites for hydroxylation is 2. The fraction of sp³-hybridized carbons (Fsp3) is 0.476. The van der Waals surface area contributed by atoms with Crippen molar-refractivity contribution < 1.29 is 9.53 Å². The summed E-state index contributed by atoms with van der Waals surface area (Å²) >= 11 is 0. The average Bonchev–Trinajstić information content (AvgIpc) is 2.62. The third-order valence-electron chi connectivity index (χ3n) is 4.78. The third kappa shape index (κ3) is 5.42. The molecule has 2 aromatic rings. The highest BCUT2D eigenvalue weighted by Crippen LogP contribution is 2.15. The van der Waals surface area contributed by atoms with Gasteiger partial charge in [-0.1, -0.05) is 12.1 Å². The SMILES string of the molecule is CCN(C(=O)CCn1c(C)cc(C)nc1=O)[C@H](C)Cc1ccc(OC)cc1. The Morgan fingerprint density at radius 3 is 2.48 bits per heavy atom. The van der Waals surface area contributed by atoms with Gasteiger partial charge in [-0.15, -0.1) is 0 Å². The molecule has 1 aromatic heterocycles. The molecule has 0 aliphatic rings. The summed E-state index contributed by atoms with van der Waals surface area (Å²) in [5.41, 5.74) is 2.39. The van der Waals surface area contributed by atoms with E-state index in [1.165, 1.54) is 0 Å². The maximum atomic E-state index is 12.7. The minimum Gasteiger partial charge on any atom is -0.497 e. The highest BCUT2D eigenvalue weighted by atomic mass is 16.5. The van der Waals surface area contributed by atoms with Crippen molar-refractivity contribution in [1.82, 2.24) is 14.5 Å². The van der Waals surface area contributed by atoms with Crippen LogP contribution in [-0.4, -0.2) is 40.1 Å². The molecule has 0 saturated heterocycles. The zero-order valence-corrected chi connectivity index (χ0v) is 16.9. The van der Waals surface area contributed by atoms with Gasteiger partial charge in [0.25, 0.3) is 0 Å². The number of aromatic nitrogens is 2. The second-order valence-electron chi connectivity index (χ2n) is 6.80. The Morgan fingerprint density at radius 1 is 1.26 bits per heavy atom. The van der Waals surface area contributed by atoms with Crippen LogP contribution >= 0.6 is 0 Å². The monoisotopic (exact) mass is 371 g/mol. The second kappa shape index (κ2) is 9.35. The highest BCUT2D eigenvalue weighted by Gasteiger charge is 2.19. The van der Waals surface area contributed by atoms with Crippen molar-refractivity contribution in [2.45, 2.75) is 53.1 Å². The molecule has 1 aromatic carbocycles. The Bertz CT molecular complexity index is 828. The van der Waals surface area contributed by atoms with Gasteiger partial charge in [0.15, 0.2) is 0 Å². The van der Waals surface area contributed by atoms with Crippen molar-refractivity contribution in [2.24, 2.45) is 0 Å². The van der Waals surface area contributed by atoms with E-state index in [1.807, 2.05) is 49.1 Å². The van der Waals surface area contributed by atoms with Crippen molar-refractivity contribution in [3.8, 4) is 5.75 Å². The molecule has 0 unspecified atom stereocenters. The molecule has 2 rings (SSSR count). The Labute approximate surface area is 160 Å². The molecule has 6 heteroatoms. The van der Waals surface area contributed by atoms with Crippen LogP contribution in [0.5, 0.6) is 5.75 Å². The molecule has 1 atom stereocenters. The predicted octanol–water partition coefficient (Wildman–Crippen LogP) is 2.74. The summed E-state index contributed by atoms with van der Waals surface area (Å²) in [4.78, 5) is 30.6. The average molecular weight is 371 g/mol. The lowest BCUT2D eigenvalue weighted by Gasteiger charge is -2.28.